The Morgan fingerprint density at radius 2 is 2.38 bits per heavy atom. The van der Waals surface area contributed by atoms with E-state index < -0.39 is 4.92 Å². The molecule has 0 atom stereocenters. The molecule has 0 saturated carbocycles. The number of hydrogen-bond donors (Lipinski definition) is 0. The molecule has 1 heterocycles. The van der Waals surface area contributed by atoms with Crippen molar-refractivity contribution in [1.29, 1.82) is 0 Å². The number of thioether (sulfide) groups is 1. The summed E-state index contributed by atoms with van der Waals surface area (Å²) in [6.07, 6.45) is 1.22. The first-order valence-corrected chi connectivity index (χ1v) is 4.80. The molecule has 0 spiro atoms. The zero-order chi connectivity index (χ0) is 9.84. The number of aromatic nitrogens is 2. The van der Waals surface area contributed by atoms with Gasteiger partial charge in [-0.15, -0.1) is 0 Å². The van der Waals surface area contributed by atoms with Gasteiger partial charge in [0.1, 0.15) is 6.33 Å². The molecule has 7 heteroatoms. The zero-order valence-corrected chi connectivity index (χ0v) is 8.30. The second kappa shape index (κ2) is 4.38. The first kappa shape index (κ1) is 10.2. The number of rotatable bonds is 3. The summed E-state index contributed by atoms with van der Waals surface area (Å²) in [5.74, 6) is 0.703. The van der Waals surface area contributed by atoms with Gasteiger partial charge in [0.15, 0.2) is 5.03 Å². The largest absolute Gasteiger partial charge is 0.338 e. The Labute approximate surface area is 83.7 Å². The summed E-state index contributed by atoms with van der Waals surface area (Å²) >= 11 is 6.82. The third-order valence-electron chi connectivity index (χ3n) is 1.21. The lowest BCUT2D eigenvalue weighted by Crippen LogP contribution is -1.96. The third kappa shape index (κ3) is 2.28. The minimum Gasteiger partial charge on any atom is -0.258 e. The van der Waals surface area contributed by atoms with Crippen molar-refractivity contribution in [2.75, 3.05) is 5.75 Å². The van der Waals surface area contributed by atoms with E-state index in [1.165, 1.54) is 18.1 Å². The smallest absolute Gasteiger partial charge is 0.258 e. The normalized spacial score (nSPS) is 10.0. The van der Waals surface area contributed by atoms with E-state index in [1.807, 2.05) is 6.92 Å². The molecule has 0 bridgehead atoms. The van der Waals surface area contributed by atoms with Crippen molar-refractivity contribution in [1.82, 2.24) is 9.97 Å². The average molecular weight is 220 g/mol. The second-order valence-corrected chi connectivity index (χ2v) is 3.62. The van der Waals surface area contributed by atoms with E-state index >= 15 is 0 Å². The SMILES string of the molecule is CCSc1ncnc(Cl)c1[N+](=O)[O-]. The van der Waals surface area contributed by atoms with Crippen molar-refractivity contribution in [3.63, 3.8) is 0 Å². The quantitative estimate of drug-likeness (QED) is 0.337. The maximum absolute atomic E-state index is 10.5. The van der Waals surface area contributed by atoms with Crippen LogP contribution in [0.3, 0.4) is 0 Å². The Hall–Kier alpha value is -0.880. The van der Waals surface area contributed by atoms with Crippen LogP contribution in [-0.4, -0.2) is 20.6 Å². The van der Waals surface area contributed by atoms with Crippen molar-refractivity contribution in [2.24, 2.45) is 0 Å². The Morgan fingerprint density at radius 1 is 1.69 bits per heavy atom. The number of hydrogen-bond acceptors (Lipinski definition) is 5. The van der Waals surface area contributed by atoms with E-state index in [0.29, 0.717) is 10.8 Å². The number of nitro groups is 1. The van der Waals surface area contributed by atoms with Gasteiger partial charge < -0.3 is 0 Å². The topological polar surface area (TPSA) is 68.9 Å². The van der Waals surface area contributed by atoms with Gasteiger partial charge in [-0.25, -0.2) is 9.97 Å². The van der Waals surface area contributed by atoms with Crippen LogP contribution in [0.15, 0.2) is 11.4 Å². The molecule has 0 unspecified atom stereocenters. The summed E-state index contributed by atoms with van der Waals surface area (Å²) in [7, 11) is 0. The third-order valence-corrected chi connectivity index (χ3v) is 2.35. The van der Waals surface area contributed by atoms with E-state index in [1.54, 1.807) is 0 Å². The maximum atomic E-state index is 10.5. The molecule has 0 aromatic carbocycles. The van der Waals surface area contributed by atoms with Crippen LogP contribution in [0.25, 0.3) is 0 Å². The summed E-state index contributed by atoms with van der Waals surface area (Å²) in [4.78, 5) is 17.3. The number of halogens is 1. The van der Waals surface area contributed by atoms with Crippen LogP contribution < -0.4 is 0 Å². The molecule has 1 aromatic rings. The van der Waals surface area contributed by atoms with Gasteiger partial charge in [-0.1, -0.05) is 30.3 Å². The molecule has 0 fully saturated rings. The van der Waals surface area contributed by atoms with Crippen LogP contribution >= 0.6 is 23.4 Å². The van der Waals surface area contributed by atoms with Crippen LogP contribution in [0.4, 0.5) is 5.69 Å². The van der Waals surface area contributed by atoms with Gasteiger partial charge >= 0.3 is 5.69 Å². The summed E-state index contributed by atoms with van der Waals surface area (Å²) in [5.41, 5.74) is -0.212. The molecule has 0 N–H and O–H groups in total. The minimum absolute atomic E-state index is 0.115. The highest BCUT2D eigenvalue weighted by atomic mass is 35.5. The Morgan fingerprint density at radius 3 is 2.92 bits per heavy atom. The summed E-state index contributed by atoms with van der Waals surface area (Å²) in [5, 5.41) is 10.7. The molecule has 0 aliphatic heterocycles. The van der Waals surface area contributed by atoms with Gasteiger partial charge in [-0.3, -0.25) is 10.1 Å². The summed E-state index contributed by atoms with van der Waals surface area (Å²) in [6, 6.07) is 0. The highest BCUT2D eigenvalue weighted by molar-refractivity contribution is 7.99. The lowest BCUT2D eigenvalue weighted by Gasteiger charge is -1.99. The van der Waals surface area contributed by atoms with E-state index in [4.69, 9.17) is 11.6 Å². The standard InChI is InChI=1S/C6H6ClN3O2S/c1-2-13-6-4(10(11)12)5(7)8-3-9-6/h3H,2H2,1H3. The van der Waals surface area contributed by atoms with Gasteiger partial charge in [0.25, 0.3) is 0 Å². The predicted molar refractivity (Wildman–Crippen MR) is 50.1 cm³/mol. The molecular formula is C6H6ClN3O2S. The number of nitrogens with zero attached hydrogens (tertiary/aromatic N) is 3. The Bertz CT molecular complexity index is 334. The van der Waals surface area contributed by atoms with Crippen molar-refractivity contribution in [3.8, 4) is 0 Å². The summed E-state index contributed by atoms with van der Waals surface area (Å²) in [6.45, 7) is 1.88. The molecular weight excluding hydrogens is 214 g/mol. The van der Waals surface area contributed by atoms with Gasteiger partial charge in [-0.05, 0) is 5.75 Å². The average Bonchev–Trinajstić information content (AvgIpc) is 2.04. The lowest BCUT2D eigenvalue weighted by molar-refractivity contribution is -0.388. The van der Waals surface area contributed by atoms with Crippen LogP contribution in [0.5, 0.6) is 0 Å². The van der Waals surface area contributed by atoms with Crippen LogP contribution in [0.2, 0.25) is 5.15 Å². The van der Waals surface area contributed by atoms with E-state index in [9.17, 15) is 10.1 Å². The van der Waals surface area contributed by atoms with Gasteiger partial charge in [0.2, 0.25) is 5.15 Å². The van der Waals surface area contributed by atoms with Gasteiger partial charge in [-0.2, -0.15) is 0 Å². The Balaban J connectivity index is 3.17. The van der Waals surface area contributed by atoms with Crippen LogP contribution in [-0.2, 0) is 0 Å². The molecule has 0 radical (unpaired) electrons. The minimum atomic E-state index is -0.569. The monoisotopic (exact) mass is 219 g/mol. The Kier molecular flexibility index (Phi) is 3.44. The molecule has 1 rings (SSSR count). The molecule has 0 amide bonds. The van der Waals surface area contributed by atoms with Crippen molar-refractivity contribution >= 4 is 29.1 Å². The molecule has 0 saturated heterocycles. The molecule has 13 heavy (non-hydrogen) atoms. The van der Waals surface area contributed by atoms with Crippen molar-refractivity contribution in [3.05, 3.63) is 21.6 Å². The first-order chi connectivity index (χ1) is 6.16. The molecule has 0 aliphatic carbocycles. The van der Waals surface area contributed by atoms with Crippen molar-refractivity contribution < 1.29 is 4.92 Å². The molecule has 70 valence electrons. The van der Waals surface area contributed by atoms with E-state index in [2.05, 4.69) is 9.97 Å². The zero-order valence-electron chi connectivity index (χ0n) is 6.73. The predicted octanol–water partition coefficient (Wildman–Crippen LogP) is 2.15. The fourth-order valence-electron chi connectivity index (χ4n) is 0.738. The highest BCUT2D eigenvalue weighted by Gasteiger charge is 2.20. The molecule has 1 aromatic heterocycles. The van der Waals surface area contributed by atoms with Crippen molar-refractivity contribution in [2.45, 2.75) is 11.9 Å². The first-order valence-electron chi connectivity index (χ1n) is 3.44. The molecule has 0 aliphatic rings. The fraction of sp³-hybridized carbons (Fsp3) is 0.333. The van der Waals surface area contributed by atoms with Gasteiger partial charge in [0, 0.05) is 0 Å². The van der Waals surface area contributed by atoms with E-state index in [-0.39, 0.29) is 10.8 Å². The summed E-state index contributed by atoms with van der Waals surface area (Å²) < 4.78 is 0. The molecule has 5 nitrogen and oxygen atoms in total. The highest BCUT2D eigenvalue weighted by Crippen LogP contribution is 2.31. The maximum Gasteiger partial charge on any atom is 0.338 e. The van der Waals surface area contributed by atoms with Gasteiger partial charge in [0.05, 0.1) is 4.92 Å². The lowest BCUT2D eigenvalue weighted by atomic mass is 10.5. The second-order valence-electron chi connectivity index (χ2n) is 2.01. The van der Waals surface area contributed by atoms with Crippen LogP contribution in [0.1, 0.15) is 6.92 Å². The van der Waals surface area contributed by atoms with Crippen LogP contribution in [0, 0.1) is 10.1 Å². The van der Waals surface area contributed by atoms with E-state index in [0.717, 1.165) is 0 Å². The fourth-order valence-corrected chi connectivity index (χ4v) is 1.70.